The number of carbonyl (C=O) groups is 1. The number of alkyl halides is 3. The van der Waals surface area contributed by atoms with E-state index in [2.05, 4.69) is 0 Å². The molecule has 37 heavy (non-hydrogen) atoms. The van der Waals surface area contributed by atoms with Gasteiger partial charge in [-0.05, 0) is 43.9 Å². The van der Waals surface area contributed by atoms with Gasteiger partial charge < -0.3 is 19.5 Å². The van der Waals surface area contributed by atoms with E-state index in [-0.39, 0.29) is 17.1 Å². The smallest absolute Gasteiger partial charge is 0.416 e. The van der Waals surface area contributed by atoms with E-state index in [0.717, 1.165) is 22.9 Å². The fraction of sp³-hybridized carbons (Fsp3) is 0.360. The van der Waals surface area contributed by atoms with E-state index in [1.165, 1.54) is 4.90 Å². The lowest BCUT2D eigenvalue weighted by Crippen LogP contribution is -2.28. The summed E-state index contributed by atoms with van der Waals surface area (Å²) in [6.45, 7) is 1.48. The highest BCUT2D eigenvalue weighted by molar-refractivity contribution is 6.32. The quantitative estimate of drug-likeness (QED) is 0.420. The molecule has 0 spiro atoms. The van der Waals surface area contributed by atoms with E-state index in [9.17, 15) is 27.9 Å². The minimum Gasteiger partial charge on any atom is -0.477 e. The van der Waals surface area contributed by atoms with E-state index >= 15 is 8.78 Å². The molecule has 12 heteroatoms. The van der Waals surface area contributed by atoms with Gasteiger partial charge in [0, 0.05) is 32.4 Å². The van der Waals surface area contributed by atoms with Crippen LogP contribution in [0.2, 0.25) is 5.02 Å². The Labute approximate surface area is 212 Å². The number of hydrogen-bond donors (Lipinski definition) is 1. The number of nitrogens with zero attached hydrogens (tertiary/aromatic N) is 3. The zero-order chi connectivity index (χ0) is 26.6. The normalized spacial score (nSPS) is 16.3. The van der Waals surface area contributed by atoms with Crippen LogP contribution in [-0.2, 0) is 6.18 Å². The third kappa shape index (κ3) is 4.18. The molecule has 3 aromatic rings. The maximum atomic E-state index is 16.3. The second kappa shape index (κ2) is 9.20. The van der Waals surface area contributed by atoms with E-state index < -0.39 is 56.3 Å². The molecule has 0 aliphatic carbocycles. The molecule has 5 rings (SSSR count). The molecule has 0 saturated carbocycles. The summed E-state index contributed by atoms with van der Waals surface area (Å²) in [5, 5.41) is 8.79. The molecule has 1 N–H and O–H groups in total. The van der Waals surface area contributed by atoms with Crippen molar-refractivity contribution in [1.29, 1.82) is 0 Å². The molecular formula is C25H21ClF5N3O3. The Morgan fingerprint density at radius 3 is 2.00 bits per heavy atom. The first kappa shape index (κ1) is 25.3. The summed E-state index contributed by atoms with van der Waals surface area (Å²) in [4.78, 5) is 28.5. The lowest BCUT2D eigenvalue weighted by Gasteiger charge is -2.28. The Bertz CT molecular complexity index is 1480. The first-order chi connectivity index (χ1) is 17.5. The van der Waals surface area contributed by atoms with E-state index in [1.807, 2.05) is 0 Å². The number of rotatable bonds is 4. The van der Waals surface area contributed by atoms with Crippen molar-refractivity contribution < 1.29 is 31.9 Å². The van der Waals surface area contributed by atoms with Crippen molar-refractivity contribution in [2.45, 2.75) is 31.9 Å². The van der Waals surface area contributed by atoms with Gasteiger partial charge in [-0.2, -0.15) is 13.2 Å². The zero-order valence-electron chi connectivity index (χ0n) is 19.3. The number of hydrogen-bond acceptors (Lipinski definition) is 4. The van der Waals surface area contributed by atoms with Gasteiger partial charge in [-0.1, -0.05) is 11.6 Å². The molecule has 2 aliphatic heterocycles. The van der Waals surface area contributed by atoms with E-state index in [4.69, 9.17) is 11.6 Å². The Morgan fingerprint density at radius 1 is 0.919 bits per heavy atom. The SMILES string of the molecule is O=C(O)c1cn(-c2ccc(C(F)(F)F)cc2Cl)c2c(F)c(N3CCCC3)c(F)c(N3CCCC3)c2c1=O. The molecular weight excluding hydrogens is 521 g/mol. The first-order valence-corrected chi connectivity index (χ1v) is 12.1. The van der Waals surface area contributed by atoms with Crippen LogP contribution in [0.3, 0.4) is 0 Å². The van der Waals surface area contributed by atoms with Crippen molar-refractivity contribution in [2.24, 2.45) is 0 Å². The Balaban J connectivity index is 1.94. The minimum atomic E-state index is -4.71. The average molecular weight is 542 g/mol. The van der Waals surface area contributed by atoms with Gasteiger partial charge in [-0.15, -0.1) is 0 Å². The fourth-order valence-corrected chi connectivity index (χ4v) is 5.43. The maximum Gasteiger partial charge on any atom is 0.416 e. The molecule has 0 radical (unpaired) electrons. The average Bonchev–Trinajstić information content (AvgIpc) is 3.54. The van der Waals surface area contributed by atoms with Crippen LogP contribution >= 0.6 is 11.6 Å². The van der Waals surface area contributed by atoms with Crippen molar-refractivity contribution in [3.63, 3.8) is 0 Å². The summed E-state index contributed by atoms with van der Waals surface area (Å²) in [6, 6.07) is 2.32. The zero-order valence-corrected chi connectivity index (χ0v) is 20.1. The fourth-order valence-electron chi connectivity index (χ4n) is 5.16. The Kier molecular flexibility index (Phi) is 6.29. The van der Waals surface area contributed by atoms with Crippen LogP contribution in [0.25, 0.3) is 16.6 Å². The molecule has 2 aliphatic rings. The molecule has 3 heterocycles. The number of aromatic carboxylic acids is 1. The van der Waals surface area contributed by atoms with Crippen LogP contribution in [0.4, 0.5) is 33.3 Å². The van der Waals surface area contributed by atoms with Gasteiger partial charge in [0.25, 0.3) is 0 Å². The molecule has 196 valence electrons. The number of carboxylic acid groups (broad SMARTS) is 1. The van der Waals surface area contributed by atoms with Crippen LogP contribution in [0.5, 0.6) is 0 Å². The first-order valence-electron chi connectivity index (χ1n) is 11.7. The molecule has 2 fully saturated rings. The molecule has 0 unspecified atom stereocenters. The van der Waals surface area contributed by atoms with Crippen LogP contribution in [0.1, 0.15) is 41.6 Å². The Hall–Kier alpha value is -3.34. The topological polar surface area (TPSA) is 65.8 Å². The molecule has 0 amide bonds. The maximum absolute atomic E-state index is 16.3. The highest BCUT2D eigenvalue weighted by Crippen LogP contribution is 2.42. The predicted molar refractivity (Wildman–Crippen MR) is 129 cm³/mol. The summed E-state index contributed by atoms with van der Waals surface area (Å²) in [6.07, 6.45) is -1.11. The summed E-state index contributed by atoms with van der Waals surface area (Å²) < 4.78 is 73.0. The lowest BCUT2D eigenvalue weighted by atomic mass is 10.0. The molecule has 1 aromatic heterocycles. The third-order valence-corrected chi connectivity index (χ3v) is 7.19. The van der Waals surface area contributed by atoms with Crippen molar-refractivity contribution in [3.05, 3.63) is 62.4 Å². The van der Waals surface area contributed by atoms with Crippen LogP contribution in [0.15, 0.2) is 29.2 Å². The van der Waals surface area contributed by atoms with Gasteiger partial charge in [-0.25, -0.2) is 13.6 Å². The number of halogens is 6. The second-order valence-corrected chi connectivity index (χ2v) is 9.56. The Morgan fingerprint density at radius 2 is 1.49 bits per heavy atom. The van der Waals surface area contributed by atoms with Crippen LogP contribution < -0.4 is 15.2 Å². The number of fused-ring (bicyclic) bond motifs is 1. The van der Waals surface area contributed by atoms with Gasteiger partial charge in [0.1, 0.15) is 11.3 Å². The number of pyridine rings is 1. The molecule has 2 saturated heterocycles. The lowest BCUT2D eigenvalue weighted by molar-refractivity contribution is -0.137. The number of aromatic nitrogens is 1. The summed E-state index contributed by atoms with van der Waals surface area (Å²) in [5.41, 5.74) is -4.14. The molecule has 6 nitrogen and oxygen atoms in total. The van der Waals surface area contributed by atoms with Gasteiger partial charge in [0.2, 0.25) is 5.43 Å². The van der Waals surface area contributed by atoms with Gasteiger partial charge in [0.15, 0.2) is 11.6 Å². The van der Waals surface area contributed by atoms with E-state index in [0.29, 0.717) is 57.9 Å². The molecule has 0 bridgehead atoms. The summed E-state index contributed by atoms with van der Waals surface area (Å²) in [5.74, 6) is -3.72. The van der Waals surface area contributed by atoms with E-state index in [1.54, 1.807) is 4.90 Å². The van der Waals surface area contributed by atoms with Gasteiger partial charge >= 0.3 is 12.1 Å². The van der Waals surface area contributed by atoms with Crippen LogP contribution in [-0.4, -0.2) is 41.8 Å². The summed E-state index contributed by atoms with van der Waals surface area (Å²) in [7, 11) is 0. The van der Waals surface area contributed by atoms with Crippen molar-refractivity contribution in [3.8, 4) is 5.69 Å². The monoisotopic (exact) mass is 541 g/mol. The van der Waals surface area contributed by atoms with Crippen molar-refractivity contribution in [1.82, 2.24) is 4.57 Å². The summed E-state index contributed by atoms with van der Waals surface area (Å²) >= 11 is 6.20. The molecule has 2 aromatic carbocycles. The van der Waals surface area contributed by atoms with Gasteiger partial charge in [-0.3, -0.25) is 4.79 Å². The number of benzene rings is 2. The number of anilines is 2. The van der Waals surface area contributed by atoms with Crippen molar-refractivity contribution in [2.75, 3.05) is 36.0 Å². The van der Waals surface area contributed by atoms with Crippen molar-refractivity contribution >= 4 is 39.8 Å². The largest absolute Gasteiger partial charge is 0.477 e. The van der Waals surface area contributed by atoms with Gasteiger partial charge in [0.05, 0.1) is 32.9 Å². The minimum absolute atomic E-state index is 0.188. The number of carboxylic acids is 1. The van der Waals surface area contributed by atoms with Crippen LogP contribution in [0, 0.1) is 11.6 Å². The highest BCUT2D eigenvalue weighted by atomic mass is 35.5. The second-order valence-electron chi connectivity index (χ2n) is 9.15. The molecule has 0 atom stereocenters. The highest BCUT2D eigenvalue weighted by Gasteiger charge is 2.34. The standard InChI is InChI=1S/C25H21ClF5N3O3/c26-15-11-13(25(29,30)31)5-6-16(15)34-12-14(24(36)37)23(35)17-20(32-7-1-2-8-32)18(27)22(19(28)21(17)34)33-9-3-4-10-33/h5-6,11-12H,1-4,7-10H2,(H,36,37). The predicted octanol–water partition coefficient (Wildman–Crippen LogP) is 5.84. The third-order valence-electron chi connectivity index (χ3n) is 6.89.